The predicted molar refractivity (Wildman–Crippen MR) is 64.8 cm³/mol. The summed E-state index contributed by atoms with van der Waals surface area (Å²) in [4.78, 5) is 0. The van der Waals surface area contributed by atoms with Gasteiger partial charge < -0.3 is 15.0 Å². The summed E-state index contributed by atoms with van der Waals surface area (Å²) in [5, 5.41) is 0. The van der Waals surface area contributed by atoms with E-state index in [-0.39, 0.29) is 0 Å². The van der Waals surface area contributed by atoms with Crippen LogP contribution in [0.1, 0.15) is 11.1 Å². The molecule has 1 aromatic rings. The Morgan fingerprint density at radius 1 is 1.33 bits per heavy atom. The lowest BCUT2D eigenvalue weighted by Gasteiger charge is -2.11. The molecule has 0 saturated carbocycles. The Morgan fingerprint density at radius 2 is 1.87 bits per heavy atom. The van der Waals surface area contributed by atoms with E-state index in [9.17, 15) is 4.55 Å². The summed E-state index contributed by atoms with van der Waals surface area (Å²) in [5.41, 5.74) is 8.66. The molecule has 1 atom stereocenters. The summed E-state index contributed by atoms with van der Waals surface area (Å²) in [5.74, 6) is 1.35. The number of aryl methyl sites for hydroxylation is 2. The van der Waals surface area contributed by atoms with Gasteiger partial charge in [0.25, 0.3) is 0 Å². The van der Waals surface area contributed by atoms with Gasteiger partial charge in [-0.1, -0.05) is 11.2 Å². The first-order chi connectivity index (χ1) is 7.00. The van der Waals surface area contributed by atoms with Gasteiger partial charge >= 0.3 is 0 Å². The number of hydrogen-bond acceptors (Lipinski definition) is 3. The van der Waals surface area contributed by atoms with Crippen molar-refractivity contribution in [3.8, 4) is 5.75 Å². The standard InChI is InChI=1S/C11H17NO2S/c1-8-6-10(7-9(2)11(8)12)14-4-5-15(3)13/h6-7H,4-5,12H2,1-3H3. The van der Waals surface area contributed by atoms with Gasteiger partial charge in [-0.15, -0.1) is 0 Å². The second kappa shape index (κ2) is 5.28. The summed E-state index contributed by atoms with van der Waals surface area (Å²) in [6.45, 7) is 4.38. The van der Waals surface area contributed by atoms with E-state index in [0.717, 1.165) is 22.6 Å². The van der Waals surface area contributed by atoms with E-state index < -0.39 is 11.2 Å². The van der Waals surface area contributed by atoms with Gasteiger partial charge in [0.15, 0.2) is 0 Å². The molecule has 0 heterocycles. The van der Waals surface area contributed by atoms with Crippen LogP contribution in [-0.2, 0) is 11.2 Å². The SMILES string of the molecule is Cc1cc(OCC[S+](C)[O-])cc(C)c1N. The van der Waals surface area contributed by atoms with E-state index in [4.69, 9.17) is 10.5 Å². The molecule has 84 valence electrons. The van der Waals surface area contributed by atoms with Crippen LogP contribution in [0, 0.1) is 13.8 Å². The normalized spacial score (nSPS) is 12.5. The molecule has 1 rings (SSSR count). The van der Waals surface area contributed by atoms with Gasteiger partial charge in [0.05, 0.1) is 6.26 Å². The van der Waals surface area contributed by atoms with Gasteiger partial charge in [0.2, 0.25) is 0 Å². The fourth-order valence-electron chi connectivity index (χ4n) is 1.30. The van der Waals surface area contributed by atoms with E-state index in [1.165, 1.54) is 0 Å². The van der Waals surface area contributed by atoms with E-state index in [0.29, 0.717) is 12.4 Å². The highest BCUT2D eigenvalue weighted by Gasteiger charge is 2.03. The van der Waals surface area contributed by atoms with Crippen LogP contribution >= 0.6 is 0 Å². The third kappa shape index (κ3) is 3.64. The molecule has 0 saturated heterocycles. The molecule has 3 nitrogen and oxygen atoms in total. The number of rotatable bonds is 4. The Hall–Kier alpha value is -0.870. The van der Waals surface area contributed by atoms with Crippen molar-refractivity contribution >= 4 is 16.9 Å². The number of benzene rings is 1. The maximum absolute atomic E-state index is 10.8. The fourth-order valence-corrected chi connectivity index (χ4v) is 1.61. The van der Waals surface area contributed by atoms with Gasteiger partial charge in [-0.2, -0.15) is 0 Å². The van der Waals surface area contributed by atoms with Crippen molar-refractivity contribution < 1.29 is 9.29 Å². The highest BCUT2D eigenvalue weighted by molar-refractivity contribution is 7.90. The van der Waals surface area contributed by atoms with Gasteiger partial charge in [-0.3, -0.25) is 0 Å². The minimum absolute atomic E-state index is 0.478. The Balaban J connectivity index is 2.63. The molecule has 15 heavy (non-hydrogen) atoms. The zero-order chi connectivity index (χ0) is 11.4. The molecule has 4 heteroatoms. The van der Waals surface area contributed by atoms with Gasteiger partial charge in [0.1, 0.15) is 18.1 Å². The lowest BCUT2D eigenvalue weighted by Crippen LogP contribution is -2.12. The molecule has 0 bridgehead atoms. The molecule has 0 amide bonds. The number of nitrogen functional groups attached to an aromatic ring is 1. The second-order valence-electron chi connectivity index (χ2n) is 3.60. The number of nitrogens with two attached hydrogens (primary N) is 1. The molecular formula is C11H17NO2S. The largest absolute Gasteiger partial charge is 0.616 e. The van der Waals surface area contributed by atoms with Crippen molar-refractivity contribution in [1.29, 1.82) is 0 Å². The zero-order valence-electron chi connectivity index (χ0n) is 9.37. The molecule has 2 N–H and O–H groups in total. The fraction of sp³-hybridized carbons (Fsp3) is 0.455. The van der Waals surface area contributed by atoms with Crippen LogP contribution in [-0.4, -0.2) is 23.2 Å². The third-order valence-corrected chi connectivity index (χ3v) is 2.95. The lowest BCUT2D eigenvalue weighted by atomic mass is 10.1. The van der Waals surface area contributed by atoms with Crippen LogP contribution in [0.15, 0.2) is 12.1 Å². The molecule has 0 aliphatic heterocycles. The first-order valence-electron chi connectivity index (χ1n) is 4.80. The Labute approximate surface area is 93.8 Å². The molecule has 1 aromatic carbocycles. The second-order valence-corrected chi connectivity index (χ2v) is 5.15. The van der Waals surface area contributed by atoms with Crippen LogP contribution in [0.3, 0.4) is 0 Å². The van der Waals surface area contributed by atoms with E-state index in [2.05, 4.69) is 0 Å². The summed E-state index contributed by atoms with van der Waals surface area (Å²) in [7, 11) is 0. The monoisotopic (exact) mass is 227 g/mol. The Morgan fingerprint density at radius 3 is 2.33 bits per heavy atom. The first-order valence-corrected chi connectivity index (χ1v) is 6.53. The average molecular weight is 227 g/mol. The summed E-state index contributed by atoms with van der Waals surface area (Å²) >= 11 is -0.804. The zero-order valence-corrected chi connectivity index (χ0v) is 10.2. The van der Waals surface area contributed by atoms with E-state index >= 15 is 0 Å². The van der Waals surface area contributed by atoms with Crippen molar-refractivity contribution in [3.05, 3.63) is 23.3 Å². The smallest absolute Gasteiger partial charge is 0.139 e. The van der Waals surface area contributed by atoms with Crippen LogP contribution in [0.4, 0.5) is 5.69 Å². The minimum atomic E-state index is -0.804. The number of anilines is 1. The minimum Gasteiger partial charge on any atom is -0.616 e. The first kappa shape index (κ1) is 12.2. The molecule has 1 unspecified atom stereocenters. The quantitative estimate of drug-likeness (QED) is 0.628. The molecule has 0 aliphatic carbocycles. The maximum atomic E-state index is 10.8. The van der Waals surface area contributed by atoms with Crippen molar-refractivity contribution in [3.63, 3.8) is 0 Å². The van der Waals surface area contributed by atoms with Crippen molar-refractivity contribution in [2.45, 2.75) is 13.8 Å². The lowest BCUT2D eigenvalue weighted by molar-refractivity contribution is 0.340. The molecule has 0 aliphatic rings. The van der Waals surface area contributed by atoms with Crippen LogP contribution in [0.5, 0.6) is 5.75 Å². The highest BCUT2D eigenvalue weighted by atomic mass is 32.2. The van der Waals surface area contributed by atoms with Crippen LogP contribution in [0.2, 0.25) is 0 Å². The predicted octanol–water partition coefficient (Wildman–Crippen LogP) is 1.64. The summed E-state index contributed by atoms with van der Waals surface area (Å²) < 4.78 is 16.3. The summed E-state index contributed by atoms with van der Waals surface area (Å²) in [6.07, 6.45) is 1.67. The van der Waals surface area contributed by atoms with Crippen LogP contribution in [0.25, 0.3) is 0 Å². The van der Waals surface area contributed by atoms with Gasteiger partial charge in [-0.25, -0.2) is 0 Å². The highest BCUT2D eigenvalue weighted by Crippen LogP contribution is 2.23. The number of ether oxygens (including phenoxy) is 1. The maximum Gasteiger partial charge on any atom is 0.139 e. The Kier molecular flexibility index (Phi) is 4.29. The molecule has 0 fully saturated rings. The van der Waals surface area contributed by atoms with E-state index in [1.807, 2.05) is 26.0 Å². The molecule has 0 aromatic heterocycles. The molecule has 0 radical (unpaired) electrons. The van der Waals surface area contributed by atoms with Gasteiger partial charge in [-0.05, 0) is 37.1 Å². The average Bonchev–Trinajstić information content (AvgIpc) is 2.13. The van der Waals surface area contributed by atoms with Crippen molar-refractivity contribution in [2.24, 2.45) is 0 Å². The third-order valence-electron chi connectivity index (χ3n) is 2.21. The summed E-state index contributed by atoms with van der Waals surface area (Å²) in [6, 6.07) is 3.81. The van der Waals surface area contributed by atoms with Gasteiger partial charge in [0, 0.05) is 5.69 Å². The molecular weight excluding hydrogens is 210 g/mol. The Bertz CT molecular complexity index is 316. The topological polar surface area (TPSA) is 58.3 Å². The molecule has 0 spiro atoms. The van der Waals surface area contributed by atoms with Crippen molar-refractivity contribution in [1.82, 2.24) is 0 Å². The van der Waals surface area contributed by atoms with Crippen molar-refractivity contribution in [2.75, 3.05) is 24.3 Å². The van der Waals surface area contributed by atoms with Crippen LogP contribution < -0.4 is 10.5 Å². The van der Waals surface area contributed by atoms with E-state index in [1.54, 1.807) is 6.26 Å². The number of hydrogen-bond donors (Lipinski definition) is 1.